The number of hydrogen-bond donors (Lipinski definition) is 1. The highest BCUT2D eigenvalue weighted by Crippen LogP contribution is 2.43. The summed E-state index contributed by atoms with van der Waals surface area (Å²) < 4.78 is 36.2. The Labute approximate surface area is 162 Å². The standard InChI is InChI=1S/C18H17NO8S/c1-10-3-5-11(6-4-10)16(27-28(23)24)15-9-13-12(18(20)25-2)7-8-14(19(21)22)17(13)26-15/h3-8,15-16H,9H2,1-2H3,(H,23,24). The normalized spacial score (nSPS) is 17.3. The van der Waals surface area contributed by atoms with Crippen LogP contribution < -0.4 is 4.74 Å². The molecule has 1 heterocycles. The van der Waals surface area contributed by atoms with Crippen LogP contribution in [0, 0.1) is 17.0 Å². The van der Waals surface area contributed by atoms with E-state index in [-0.39, 0.29) is 23.4 Å². The molecule has 0 aromatic heterocycles. The van der Waals surface area contributed by atoms with E-state index in [0.29, 0.717) is 11.1 Å². The molecule has 0 saturated heterocycles. The highest BCUT2D eigenvalue weighted by molar-refractivity contribution is 7.74. The van der Waals surface area contributed by atoms with Gasteiger partial charge in [0.05, 0.1) is 17.6 Å². The Balaban J connectivity index is 2.03. The van der Waals surface area contributed by atoms with Crippen molar-refractivity contribution in [1.29, 1.82) is 0 Å². The van der Waals surface area contributed by atoms with E-state index in [0.717, 1.165) is 5.56 Å². The van der Waals surface area contributed by atoms with Gasteiger partial charge in [-0.2, -0.15) is 4.21 Å². The van der Waals surface area contributed by atoms with Gasteiger partial charge in [-0.1, -0.05) is 29.8 Å². The molecule has 1 N–H and O–H groups in total. The van der Waals surface area contributed by atoms with Gasteiger partial charge in [0, 0.05) is 18.1 Å². The summed E-state index contributed by atoms with van der Waals surface area (Å²) in [5, 5.41) is 11.4. The van der Waals surface area contributed by atoms with Crippen molar-refractivity contribution in [3.63, 3.8) is 0 Å². The SMILES string of the molecule is COC(=O)c1ccc([N+](=O)[O-])c2c1CC(C(OS(=O)O)c1ccc(C)cc1)O2. The van der Waals surface area contributed by atoms with E-state index in [2.05, 4.69) is 0 Å². The zero-order valence-corrected chi connectivity index (χ0v) is 15.8. The van der Waals surface area contributed by atoms with Crippen LogP contribution in [0.5, 0.6) is 5.75 Å². The first-order chi connectivity index (χ1) is 13.3. The minimum Gasteiger partial charge on any atom is -0.480 e. The van der Waals surface area contributed by atoms with Crippen LogP contribution in [-0.2, 0) is 26.7 Å². The third-order valence-electron chi connectivity index (χ3n) is 4.45. The summed E-state index contributed by atoms with van der Waals surface area (Å²) in [5.74, 6) is -0.726. The van der Waals surface area contributed by atoms with Crippen molar-refractivity contribution in [3.05, 3.63) is 68.8 Å². The van der Waals surface area contributed by atoms with E-state index in [9.17, 15) is 23.7 Å². The largest absolute Gasteiger partial charge is 0.480 e. The molecular weight excluding hydrogens is 390 g/mol. The second-order valence-electron chi connectivity index (χ2n) is 6.19. The van der Waals surface area contributed by atoms with E-state index < -0.39 is 34.5 Å². The number of fused-ring (bicyclic) bond motifs is 1. The molecule has 2 aromatic rings. The topological polar surface area (TPSA) is 125 Å². The average molecular weight is 407 g/mol. The summed E-state index contributed by atoms with van der Waals surface area (Å²) >= 11 is -2.60. The van der Waals surface area contributed by atoms with Crippen LogP contribution in [0.3, 0.4) is 0 Å². The number of nitro benzene ring substituents is 1. The van der Waals surface area contributed by atoms with Crippen molar-refractivity contribution in [2.75, 3.05) is 7.11 Å². The van der Waals surface area contributed by atoms with Crippen LogP contribution in [0.15, 0.2) is 36.4 Å². The molecular formula is C18H17NO8S. The molecule has 1 aliphatic heterocycles. The van der Waals surface area contributed by atoms with Gasteiger partial charge in [0.25, 0.3) is 0 Å². The molecule has 0 amide bonds. The number of nitrogens with zero attached hydrogens (tertiary/aromatic N) is 1. The van der Waals surface area contributed by atoms with Crippen molar-refractivity contribution in [1.82, 2.24) is 0 Å². The summed E-state index contributed by atoms with van der Waals surface area (Å²) in [6.07, 6.45) is -1.76. The Kier molecular flexibility index (Phi) is 5.73. The number of aryl methyl sites for hydroxylation is 1. The number of benzene rings is 2. The van der Waals surface area contributed by atoms with E-state index >= 15 is 0 Å². The van der Waals surface area contributed by atoms with E-state index in [1.165, 1.54) is 19.2 Å². The number of hydrogen-bond acceptors (Lipinski definition) is 7. The Bertz CT molecular complexity index is 943. The second kappa shape index (κ2) is 8.05. The predicted molar refractivity (Wildman–Crippen MR) is 98.3 cm³/mol. The van der Waals surface area contributed by atoms with Crippen LogP contribution in [0.1, 0.15) is 33.2 Å². The van der Waals surface area contributed by atoms with Crippen LogP contribution in [0.25, 0.3) is 0 Å². The Hall–Kier alpha value is -2.82. The summed E-state index contributed by atoms with van der Waals surface area (Å²) in [7, 11) is 1.20. The van der Waals surface area contributed by atoms with Crippen LogP contribution >= 0.6 is 0 Å². The number of methoxy groups -OCH3 is 1. The zero-order valence-electron chi connectivity index (χ0n) is 15.0. The molecule has 9 nitrogen and oxygen atoms in total. The molecule has 0 aliphatic carbocycles. The Morgan fingerprint density at radius 1 is 1.32 bits per heavy atom. The third kappa shape index (κ3) is 3.88. The predicted octanol–water partition coefficient (Wildman–Crippen LogP) is 2.89. The van der Waals surface area contributed by atoms with Crippen molar-refractivity contribution in [2.45, 2.75) is 25.6 Å². The van der Waals surface area contributed by atoms with Crippen LogP contribution in [0.2, 0.25) is 0 Å². The van der Waals surface area contributed by atoms with Gasteiger partial charge < -0.3 is 9.47 Å². The van der Waals surface area contributed by atoms with Crippen molar-refractivity contribution >= 4 is 23.0 Å². The molecule has 0 fully saturated rings. The number of nitro groups is 1. The van der Waals surface area contributed by atoms with Gasteiger partial charge in [-0.05, 0) is 18.6 Å². The Morgan fingerprint density at radius 2 is 2.00 bits per heavy atom. The minimum atomic E-state index is -2.60. The highest BCUT2D eigenvalue weighted by Gasteiger charge is 2.40. The van der Waals surface area contributed by atoms with E-state index in [1.807, 2.05) is 6.92 Å². The molecule has 2 aromatic carbocycles. The molecule has 1 aliphatic rings. The van der Waals surface area contributed by atoms with Gasteiger partial charge in [0.1, 0.15) is 12.2 Å². The fourth-order valence-electron chi connectivity index (χ4n) is 3.13. The monoisotopic (exact) mass is 407 g/mol. The molecule has 10 heteroatoms. The number of ether oxygens (including phenoxy) is 2. The molecule has 148 valence electrons. The van der Waals surface area contributed by atoms with Gasteiger partial charge in [-0.25, -0.2) is 4.79 Å². The van der Waals surface area contributed by atoms with Crippen LogP contribution in [0.4, 0.5) is 5.69 Å². The maximum atomic E-state index is 12.0. The second-order valence-corrected chi connectivity index (χ2v) is 6.82. The molecule has 28 heavy (non-hydrogen) atoms. The van der Waals surface area contributed by atoms with Gasteiger partial charge in [0.15, 0.2) is 0 Å². The first kappa shape index (κ1) is 19.9. The van der Waals surface area contributed by atoms with Crippen molar-refractivity contribution < 1.29 is 32.1 Å². The van der Waals surface area contributed by atoms with E-state index in [1.54, 1.807) is 24.3 Å². The molecule has 3 unspecified atom stereocenters. The molecule has 3 atom stereocenters. The summed E-state index contributed by atoms with van der Waals surface area (Å²) in [5.41, 5.74) is 1.67. The lowest BCUT2D eigenvalue weighted by Crippen LogP contribution is -2.26. The van der Waals surface area contributed by atoms with E-state index in [4.69, 9.17) is 13.7 Å². The number of carbonyl (C=O) groups excluding carboxylic acids is 1. The average Bonchev–Trinajstić information content (AvgIpc) is 3.10. The molecule has 0 bridgehead atoms. The highest BCUT2D eigenvalue weighted by atomic mass is 32.2. The zero-order chi connectivity index (χ0) is 20.4. The van der Waals surface area contributed by atoms with Crippen molar-refractivity contribution in [2.24, 2.45) is 0 Å². The smallest absolute Gasteiger partial charge is 0.338 e. The lowest BCUT2D eigenvalue weighted by Gasteiger charge is -2.22. The maximum Gasteiger partial charge on any atom is 0.338 e. The summed E-state index contributed by atoms with van der Waals surface area (Å²) in [4.78, 5) is 22.8. The molecule has 0 radical (unpaired) electrons. The van der Waals surface area contributed by atoms with Crippen molar-refractivity contribution in [3.8, 4) is 5.75 Å². The van der Waals surface area contributed by atoms with Crippen LogP contribution in [-0.4, -0.2) is 32.9 Å². The summed E-state index contributed by atoms with van der Waals surface area (Å²) in [6.45, 7) is 1.89. The van der Waals surface area contributed by atoms with Gasteiger partial charge in [-0.3, -0.25) is 18.9 Å². The van der Waals surface area contributed by atoms with Gasteiger partial charge in [0.2, 0.25) is 5.75 Å². The lowest BCUT2D eigenvalue weighted by molar-refractivity contribution is -0.385. The molecule has 0 spiro atoms. The molecule has 3 rings (SSSR count). The number of esters is 1. The maximum absolute atomic E-state index is 12.0. The quantitative estimate of drug-likeness (QED) is 0.335. The first-order valence-electron chi connectivity index (χ1n) is 8.21. The first-order valence-corrected chi connectivity index (χ1v) is 9.24. The van der Waals surface area contributed by atoms with Gasteiger partial charge in [-0.15, -0.1) is 0 Å². The fourth-order valence-corrected chi connectivity index (χ4v) is 3.55. The Morgan fingerprint density at radius 3 is 2.57 bits per heavy atom. The third-order valence-corrected chi connectivity index (χ3v) is 4.82. The fraction of sp³-hybridized carbons (Fsp3) is 0.278. The number of rotatable bonds is 6. The molecule has 0 saturated carbocycles. The minimum absolute atomic E-state index is 0.0667. The summed E-state index contributed by atoms with van der Waals surface area (Å²) in [6, 6.07) is 9.51. The lowest BCUT2D eigenvalue weighted by atomic mass is 9.97. The number of carbonyl (C=O) groups is 1. The van der Waals surface area contributed by atoms with Gasteiger partial charge >= 0.3 is 23.0 Å².